The smallest absolute Gasteiger partial charge is 1.00 e. The van der Waals surface area contributed by atoms with Crippen molar-refractivity contribution in [1.29, 1.82) is 0 Å². The molecule has 0 atom stereocenters. The Morgan fingerprint density at radius 1 is 0.565 bits per heavy atom. The van der Waals surface area contributed by atoms with E-state index < -0.39 is 0 Å². The van der Waals surface area contributed by atoms with Gasteiger partial charge in [0.05, 0.1) is 0 Å². The molecule has 23 heavy (non-hydrogen) atoms. The van der Waals surface area contributed by atoms with Crippen molar-refractivity contribution in [3.8, 4) is 0 Å². The van der Waals surface area contributed by atoms with Gasteiger partial charge in [0.2, 0.25) is 0 Å². The summed E-state index contributed by atoms with van der Waals surface area (Å²) in [5, 5.41) is 0. The second-order valence-corrected chi connectivity index (χ2v) is 5.78. The molecule has 0 aliphatic rings. The van der Waals surface area contributed by atoms with E-state index in [9.17, 15) is 0 Å². The monoisotopic (exact) mass is 582 g/mol. The average Bonchev–Trinajstić information content (AvgIpc) is 2.90. The van der Waals surface area contributed by atoms with Crippen LogP contribution in [0.2, 0.25) is 0 Å². The summed E-state index contributed by atoms with van der Waals surface area (Å²) in [5.41, 5.74) is 2.93. The Bertz CT molecular complexity index is 356. The molecule has 0 aromatic heterocycles. The Hall–Kier alpha value is 1.93. The molecule has 0 aliphatic carbocycles. The zero-order chi connectivity index (χ0) is 13.4. The molecule has 0 radical (unpaired) electrons. The SMILES string of the molecule is CC(C)C[c-]1cccc1.CC(C)C[c-]1cccc1.[Cl-].[Cl-].[Zr+4].[Zr+4].[Zr+4]. The molecule has 2 aromatic rings. The van der Waals surface area contributed by atoms with Crippen molar-refractivity contribution >= 4 is 0 Å². The first kappa shape index (κ1) is 35.9. The Kier molecular flexibility index (Phi) is 34.3. The van der Waals surface area contributed by atoms with Crippen LogP contribution in [0.25, 0.3) is 0 Å². The number of rotatable bonds is 4. The van der Waals surface area contributed by atoms with Crippen molar-refractivity contribution in [2.75, 3.05) is 0 Å². The van der Waals surface area contributed by atoms with Crippen LogP contribution in [0.1, 0.15) is 38.8 Å². The first-order valence-corrected chi connectivity index (χ1v) is 6.99. The maximum absolute atomic E-state index is 2.24. The van der Waals surface area contributed by atoms with Crippen LogP contribution in [-0.4, -0.2) is 0 Å². The zero-order valence-electron chi connectivity index (χ0n) is 14.4. The van der Waals surface area contributed by atoms with Crippen LogP contribution in [0.3, 0.4) is 0 Å². The predicted molar refractivity (Wildman–Crippen MR) is 81.2 cm³/mol. The molecule has 0 spiro atoms. The van der Waals surface area contributed by atoms with Gasteiger partial charge in [-0.2, -0.15) is 35.4 Å². The van der Waals surface area contributed by atoms with Crippen LogP contribution in [0.4, 0.5) is 0 Å². The van der Waals surface area contributed by atoms with Gasteiger partial charge in [-0.25, -0.2) is 24.3 Å². The molecule has 116 valence electrons. The Labute approximate surface area is 212 Å². The first-order chi connectivity index (χ1) is 8.58. The number of hydrogen-bond donors (Lipinski definition) is 0. The predicted octanol–water partition coefficient (Wildman–Crippen LogP) is -0.791. The summed E-state index contributed by atoms with van der Waals surface area (Å²) in [7, 11) is 0. The number of hydrogen-bond acceptors (Lipinski definition) is 0. The second-order valence-electron chi connectivity index (χ2n) is 5.78. The van der Waals surface area contributed by atoms with Crippen molar-refractivity contribution in [3.05, 3.63) is 59.7 Å². The summed E-state index contributed by atoms with van der Waals surface area (Å²) in [6, 6.07) is 17.1. The molecule has 0 saturated heterocycles. The van der Waals surface area contributed by atoms with Gasteiger partial charge < -0.3 is 24.8 Å². The van der Waals surface area contributed by atoms with Gasteiger partial charge in [-0.05, 0) is 0 Å². The summed E-state index contributed by atoms with van der Waals surface area (Å²) >= 11 is 0. The quantitative estimate of drug-likeness (QED) is 0.412. The molecule has 0 aliphatic heterocycles. The van der Waals surface area contributed by atoms with Crippen LogP contribution in [0.15, 0.2) is 48.5 Å². The van der Waals surface area contributed by atoms with Crippen LogP contribution in [0, 0.1) is 11.8 Å². The molecule has 0 fully saturated rings. The normalized spacial score (nSPS) is 8.26. The fraction of sp³-hybridized carbons (Fsp3) is 0.444. The summed E-state index contributed by atoms with van der Waals surface area (Å²) in [6.07, 6.45) is 2.43. The van der Waals surface area contributed by atoms with Crippen LogP contribution < -0.4 is 24.8 Å². The van der Waals surface area contributed by atoms with Gasteiger partial charge in [-0.15, -0.1) is 0 Å². The third-order valence-corrected chi connectivity index (χ3v) is 2.75. The molecule has 0 unspecified atom stereocenters. The largest absolute Gasteiger partial charge is 4.00 e. The second kappa shape index (κ2) is 22.0. The molecule has 0 nitrogen and oxygen atoms in total. The topological polar surface area (TPSA) is 0 Å². The van der Waals surface area contributed by atoms with E-state index in [-0.39, 0.29) is 103 Å². The van der Waals surface area contributed by atoms with E-state index in [1.807, 2.05) is 0 Å². The molecule has 5 heteroatoms. The Morgan fingerprint density at radius 2 is 0.783 bits per heavy atom. The molecule has 2 aromatic carbocycles. The molecule has 0 N–H and O–H groups in total. The summed E-state index contributed by atoms with van der Waals surface area (Å²) in [6.45, 7) is 8.97. The average molecular weight is 587 g/mol. The van der Waals surface area contributed by atoms with E-state index >= 15 is 0 Å². The van der Waals surface area contributed by atoms with E-state index in [2.05, 4.69) is 76.2 Å². The third-order valence-electron chi connectivity index (χ3n) is 2.75. The minimum atomic E-state index is 0. The summed E-state index contributed by atoms with van der Waals surface area (Å²) < 4.78 is 0. The fourth-order valence-corrected chi connectivity index (χ4v) is 2.04. The van der Waals surface area contributed by atoms with E-state index in [1.54, 1.807) is 0 Å². The maximum Gasteiger partial charge on any atom is 4.00 e. The molecule has 0 bridgehead atoms. The number of halogens is 2. The third kappa shape index (κ3) is 20.1. The van der Waals surface area contributed by atoms with Crippen LogP contribution in [-0.2, 0) is 91.5 Å². The summed E-state index contributed by atoms with van der Waals surface area (Å²) in [5.74, 6) is 1.57. The molecule has 0 amide bonds. The van der Waals surface area contributed by atoms with Crippen molar-refractivity contribution in [3.63, 3.8) is 0 Å². The van der Waals surface area contributed by atoms with Gasteiger partial charge in [-0.1, -0.05) is 52.4 Å². The van der Waals surface area contributed by atoms with Crippen molar-refractivity contribution < 1.29 is 103 Å². The molecular weight excluding hydrogens is 561 g/mol. The van der Waals surface area contributed by atoms with E-state index in [1.165, 1.54) is 24.0 Å². The van der Waals surface area contributed by atoms with Crippen molar-refractivity contribution in [2.24, 2.45) is 11.8 Å². The molecule has 0 saturated carbocycles. The van der Waals surface area contributed by atoms with Crippen LogP contribution >= 0.6 is 0 Å². The van der Waals surface area contributed by atoms with E-state index in [0.29, 0.717) is 0 Å². The zero-order valence-corrected chi connectivity index (χ0v) is 23.3. The van der Waals surface area contributed by atoms with Crippen molar-refractivity contribution in [1.82, 2.24) is 0 Å². The maximum atomic E-state index is 2.24. The van der Waals surface area contributed by atoms with Crippen molar-refractivity contribution in [2.45, 2.75) is 40.5 Å². The van der Waals surface area contributed by atoms with E-state index in [4.69, 9.17) is 0 Å². The van der Waals surface area contributed by atoms with Gasteiger partial charge in [0, 0.05) is 0 Å². The minimum absolute atomic E-state index is 0. The van der Waals surface area contributed by atoms with Gasteiger partial charge in [0.1, 0.15) is 0 Å². The Morgan fingerprint density at radius 3 is 0.957 bits per heavy atom. The first-order valence-electron chi connectivity index (χ1n) is 6.99. The standard InChI is InChI=1S/2C9H13.2ClH.3Zr/c2*1-8(2)7-9-5-3-4-6-9;;;;;/h2*3-6,8H,7H2,1-2H3;2*1H;;;/q2*-1;;;3*+4/p-2. The fourth-order valence-electron chi connectivity index (χ4n) is 2.04. The molecule has 0 heterocycles. The minimum Gasteiger partial charge on any atom is -1.00 e. The molecule has 2 rings (SSSR count). The Balaban J connectivity index is -0.0000000771. The van der Waals surface area contributed by atoms with Gasteiger partial charge in [-0.3, -0.25) is 0 Å². The van der Waals surface area contributed by atoms with Gasteiger partial charge in [0.15, 0.2) is 0 Å². The van der Waals surface area contributed by atoms with Crippen LogP contribution in [0.5, 0.6) is 0 Å². The summed E-state index contributed by atoms with van der Waals surface area (Å²) in [4.78, 5) is 0. The van der Waals surface area contributed by atoms with Gasteiger partial charge in [0.25, 0.3) is 0 Å². The molecular formula is C18H26Cl2Zr3+8. The van der Waals surface area contributed by atoms with E-state index in [0.717, 1.165) is 11.8 Å². The van der Waals surface area contributed by atoms with Gasteiger partial charge >= 0.3 is 78.6 Å².